The number of aromatic nitrogens is 6. The average Bonchev–Trinajstić information content (AvgIpc) is 3.47. The molecule has 0 saturated carbocycles. The van der Waals surface area contributed by atoms with Crippen LogP contribution < -0.4 is 0 Å². The molecule has 0 radical (unpaired) electrons. The van der Waals surface area contributed by atoms with Crippen molar-refractivity contribution >= 4 is 38.2 Å². The first-order chi connectivity index (χ1) is 14.6. The lowest BCUT2D eigenvalue weighted by atomic mass is 9.99. The topological polar surface area (TPSA) is 74.7 Å². The number of thiophene rings is 1. The first kappa shape index (κ1) is 17.4. The van der Waals surface area contributed by atoms with Crippen LogP contribution in [0, 0.1) is 6.92 Å². The van der Waals surface area contributed by atoms with Gasteiger partial charge in [0.15, 0.2) is 5.65 Å². The monoisotopic (exact) mass is 412 g/mol. The van der Waals surface area contributed by atoms with Crippen molar-refractivity contribution in [2.45, 2.75) is 26.7 Å². The van der Waals surface area contributed by atoms with Gasteiger partial charge < -0.3 is 9.97 Å². The minimum atomic E-state index is 0.377. The molecule has 0 spiro atoms. The van der Waals surface area contributed by atoms with Crippen molar-refractivity contribution < 1.29 is 0 Å². The van der Waals surface area contributed by atoms with E-state index in [4.69, 9.17) is 4.98 Å². The Morgan fingerprint density at radius 3 is 2.77 bits per heavy atom. The van der Waals surface area contributed by atoms with Crippen LogP contribution in [0.5, 0.6) is 0 Å². The quantitative estimate of drug-likeness (QED) is 0.379. The van der Waals surface area contributed by atoms with E-state index in [9.17, 15) is 0 Å². The minimum absolute atomic E-state index is 0.377. The molecule has 7 heteroatoms. The summed E-state index contributed by atoms with van der Waals surface area (Å²) < 4.78 is 3.13. The predicted octanol–water partition coefficient (Wildman–Crippen LogP) is 5.91. The average molecular weight is 413 g/mol. The summed E-state index contributed by atoms with van der Waals surface area (Å²) >= 11 is 1.79. The van der Waals surface area contributed by atoms with Crippen molar-refractivity contribution in [2.24, 2.45) is 0 Å². The van der Waals surface area contributed by atoms with E-state index in [0.29, 0.717) is 5.92 Å². The number of hydrogen-bond donors (Lipinski definition) is 2. The van der Waals surface area contributed by atoms with Crippen LogP contribution in [0.3, 0.4) is 0 Å². The van der Waals surface area contributed by atoms with Gasteiger partial charge in [0.2, 0.25) is 0 Å². The Balaban J connectivity index is 1.53. The maximum atomic E-state index is 4.78. The van der Waals surface area contributed by atoms with E-state index in [1.165, 1.54) is 10.3 Å². The summed E-state index contributed by atoms with van der Waals surface area (Å²) in [6.45, 7) is 6.56. The van der Waals surface area contributed by atoms with Gasteiger partial charge >= 0.3 is 0 Å². The molecule has 0 atom stereocenters. The molecule has 5 aromatic heterocycles. The third-order valence-electron chi connectivity index (χ3n) is 5.55. The number of nitrogens with one attached hydrogen (secondary N) is 2. The summed E-state index contributed by atoms with van der Waals surface area (Å²) in [5.41, 5.74) is 8.82. The SMILES string of the molecule is Cc1cc(-c2[nH]c3cc(-c4nc5ccccc5[nH]4)sc3c2C(C)C)cn2ncnc12. The largest absolute Gasteiger partial charge is 0.354 e. The van der Waals surface area contributed by atoms with Crippen molar-refractivity contribution in [3.8, 4) is 22.0 Å². The minimum Gasteiger partial charge on any atom is -0.354 e. The molecule has 6 aromatic rings. The lowest BCUT2D eigenvalue weighted by Crippen LogP contribution is -1.95. The van der Waals surface area contributed by atoms with E-state index in [1.54, 1.807) is 17.7 Å². The van der Waals surface area contributed by atoms with E-state index >= 15 is 0 Å². The van der Waals surface area contributed by atoms with Crippen LogP contribution in [0.15, 0.2) is 48.9 Å². The van der Waals surface area contributed by atoms with E-state index in [1.807, 2.05) is 22.7 Å². The number of aryl methyl sites for hydroxylation is 1. The van der Waals surface area contributed by atoms with E-state index in [-0.39, 0.29) is 0 Å². The summed E-state index contributed by atoms with van der Waals surface area (Å²) in [6.07, 6.45) is 3.65. The second kappa shape index (κ2) is 6.27. The number of imidazole rings is 1. The first-order valence-electron chi connectivity index (χ1n) is 9.99. The molecule has 30 heavy (non-hydrogen) atoms. The van der Waals surface area contributed by atoms with Crippen LogP contribution in [0.1, 0.15) is 30.9 Å². The second-order valence-electron chi connectivity index (χ2n) is 7.96. The highest BCUT2D eigenvalue weighted by Crippen LogP contribution is 2.42. The maximum absolute atomic E-state index is 4.78. The molecule has 0 bridgehead atoms. The zero-order valence-electron chi connectivity index (χ0n) is 16.9. The van der Waals surface area contributed by atoms with E-state index in [2.05, 4.69) is 65.2 Å². The molecule has 148 valence electrons. The highest BCUT2D eigenvalue weighted by atomic mass is 32.1. The van der Waals surface area contributed by atoms with Gasteiger partial charge in [-0.3, -0.25) is 0 Å². The summed E-state index contributed by atoms with van der Waals surface area (Å²) in [4.78, 5) is 17.4. The molecule has 6 nitrogen and oxygen atoms in total. The molecule has 0 fully saturated rings. The molecule has 0 aliphatic heterocycles. The summed E-state index contributed by atoms with van der Waals surface area (Å²) in [5, 5.41) is 4.34. The molecule has 0 amide bonds. The first-order valence-corrected chi connectivity index (χ1v) is 10.8. The maximum Gasteiger partial charge on any atom is 0.158 e. The summed E-state index contributed by atoms with van der Waals surface area (Å²) in [7, 11) is 0. The second-order valence-corrected chi connectivity index (χ2v) is 9.02. The van der Waals surface area contributed by atoms with Crippen molar-refractivity contribution in [1.29, 1.82) is 0 Å². The fraction of sp³-hybridized carbons (Fsp3) is 0.174. The third-order valence-corrected chi connectivity index (χ3v) is 6.73. The fourth-order valence-corrected chi connectivity index (χ4v) is 5.45. The van der Waals surface area contributed by atoms with Gasteiger partial charge in [0, 0.05) is 11.8 Å². The summed E-state index contributed by atoms with van der Waals surface area (Å²) in [6, 6.07) is 12.5. The predicted molar refractivity (Wildman–Crippen MR) is 122 cm³/mol. The van der Waals surface area contributed by atoms with Crippen LogP contribution in [0.25, 0.3) is 48.9 Å². The molecule has 2 N–H and O–H groups in total. The number of nitrogens with zero attached hydrogens (tertiary/aromatic N) is 4. The molecule has 0 unspecified atom stereocenters. The van der Waals surface area contributed by atoms with Crippen LogP contribution in [0.2, 0.25) is 0 Å². The number of benzene rings is 1. The number of rotatable bonds is 3. The number of hydrogen-bond acceptors (Lipinski definition) is 4. The van der Waals surface area contributed by atoms with Gasteiger partial charge in [-0.1, -0.05) is 26.0 Å². The lowest BCUT2D eigenvalue weighted by Gasteiger charge is -2.09. The zero-order chi connectivity index (χ0) is 20.4. The van der Waals surface area contributed by atoms with Gasteiger partial charge in [0.25, 0.3) is 0 Å². The standard InChI is InChI=1S/C23H20N6S/c1-12(2)19-20(14-8-13(3)23-24-11-25-29(23)10-14)26-17-9-18(30-21(17)19)22-27-15-6-4-5-7-16(15)28-22/h4-12,26H,1-3H3,(H,27,28). The van der Waals surface area contributed by atoms with Gasteiger partial charge in [-0.05, 0) is 48.2 Å². The van der Waals surface area contributed by atoms with Gasteiger partial charge in [0.05, 0.1) is 31.8 Å². The van der Waals surface area contributed by atoms with E-state index < -0.39 is 0 Å². The molecular formula is C23H20N6S. The van der Waals surface area contributed by atoms with Crippen molar-refractivity contribution in [1.82, 2.24) is 29.5 Å². The number of fused-ring (bicyclic) bond motifs is 3. The number of aromatic amines is 2. The number of pyridine rings is 1. The highest BCUT2D eigenvalue weighted by Gasteiger charge is 2.21. The molecule has 0 saturated heterocycles. The lowest BCUT2D eigenvalue weighted by molar-refractivity contribution is 0.878. The van der Waals surface area contributed by atoms with Crippen molar-refractivity contribution in [2.75, 3.05) is 0 Å². The Hall–Kier alpha value is -3.45. The molecule has 0 aliphatic carbocycles. The summed E-state index contributed by atoms with van der Waals surface area (Å²) in [5.74, 6) is 1.30. The van der Waals surface area contributed by atoms with Crippen molar-refractivity contribution in [3.05, 3.63) is 60.0 Å². The van der Waals surface area contributed by atoms with Gasteiger partial charge in [-0.15, -0.1) is 11.3 Å². The highest BCUT2D eigenvalue weighted by molar-refractivity contribution is 7.22. The Kier molecular flexibility index (Phi) is 3.64. The smallest absolute Gasteiger partial charge is 0.158 e. The normalized spacial score (nSPS) is 12.1. The van der Waals surface area contributed by atoms with Gasteiger partial charge in [0.1, 0.15) is 12.2 Å². The van der Waals surface area contributed by atoms with Crippen LogP contribution in [-0.4, -0.2) is 29.5 Å². The number of H-pyrrole nitrogens is 2. The molecule has 5 heterocycles. The van der Waals surface area contributed by atoms with Gasteiger partial charge in [-0.2, -0.15) is 5.10 Å². The zero-order valence-corrected chi connectivity index (χ0v) is 17.7. The van der Waals surface area contributed by atoms with Gasteiger partial charge in [-0.25, -0.2) is 14.5 Å². The Bertz CT molecular complexity index is 1510. The Labute approximate surface area is 176 Å². The van der Waals surface area contributed by atoms with Crippen LogP contribution in [0.4, 0.5) is 0 Å². The van der Waals surface area contributed by atoms with Crippen LogP contribution in [-0.2, 0) is 0 Å². The molecular weight excluding hydrogens is 392 g/mol. The molecule has 0 aliphatic rings. The Morgan fingerprint density at radius 2 is 1.93 bits per heavy atom. The number of para-hydroxylation sites is 2. The third kappa shape index (κ3) is 2.52. The molecule has 1 aromatic carbocycles. The molecule has 6 rings (SSSR count). The van der Waals surface area contributed by atoms with E-state index in [0.717, 1.165) is 49.7 Å². The van der Waals surface area contributed by atoms with Crippen LogP contribution >= 0.6 is 11.3 Å². The Morgan fingerprint density at radius 1 is 1.07 bits per heavy atom. The fourth-order valence-electron chi connectivity index (χ4n) is 4.19. The van der Waals surface area contributed by atoms with Crippen molar-refractivity contribution in [3.63, 3.8) is 0 Å².